The van der Waals surface area contributed by atoms with Crippen LogP contribution in [0, 0.1) is 0 Å². The van der Waals surface area contributed by atoms with Crippen LogP contribution in [0.2, 0.25) is 5.02 Å². The first-order valence-corrected chi connectivity index (χ1v) is 9.70. The monoisotopic (exact) mass is 395 g/mol. The minimum Gasteiger partial charge on any atom is -0.491 e. The number of anilines is 2. The maximum atomic E-state index is 6.02. The summed E-state index contributed by atoms with van der Waals surface area (Å²) in [5.74, 6) is 2.10. The molecule has 0 radical (unpaired) electrons. The molecule has 0 amide bonds. The van der Waals surface area contributed by atoms with Gasteiger partial charge in [-0.2, -0.15) is 0 Å². The molecule has 1 aromatic carbocycles. The van der Waals surface area contributed by atoms with Gasteiger partial charge in [0, 0.05) is 43.1 Å². The van der Waals surface area contributed by atoms with Gasteiger partial charge in [0.25, 0.3) is 0 Å². The summed E-state index contributed by atoms with van der Waals surface area (Å²) < 4.78 is 5.54. The highest BCUT2D eigenvalue weighted by molar-refractivity contribution is 6.30. The lowest BCUT2D eigenvalue weighted by Crippen LogP contribution is -2.31. The molecule has 1 aliphatic heterocycles. The molecule has 0 aliphatic carbocycles. The summed E-state index contributed by atoms with van der Waals surface area (Å²) in [4.78, 5) is 18.2. The Labute approximate surface area is 169 Å². The van der Waals surface area contributed by atoms with Gasteiger partial charge in [0.2, 0.25) is 0 Å². The Morgan fingerprint density at radius 3 is 2.46 bits per heavy atom. The fourth-order valence-corrected chi connectivity index (χ4v) is 3.52. The van der Waals surface area contributed by atoms with Crippen LogP contribution in [0.15, 0.2) is 54.9 Å². The predicted molar refractivity (Wildman–Crippen MR) is 112 cm³/mol. The summed E-state index contributed by atoms with van der Waals surface area (Å²) in [6.45, 7) is 3.63. The average Bonchev–Trinajstić information content (AvgIpc) is 3.01. The van der Waals surface area contributed by atoms with Gasteiger partial charge in [-0.25, -0.2) is 9.97 Å². The van der Waals surface area contributed by atoms with E-state index in [9.17, 15) is 0 Å². The number of pyridine rings is 1. The number of methoxy groups -OCH3 is 1. The normalized spacial score (nSPS) is 14.6. The zero-order valence-electron chi connectivity index (χ0n) is 15.8. The van der Waals surface area contributed by atoms with Crippen molar-refractivity contribution in [3.05, 3.63) is 59.9 Å². The van der Waals surface area contributed by atoms with Gasteiger partial charge in [-0.05, 0) is 42.8 Å². The van der Waals surface area contributed by atoms with Crippen molar-refractivity contribution in [2.24, 2.45) is 0 Å². The van der Waals surface area contributed by atoms with Crippen LogP contribution in [0.25, 0.3) is 11.5 Å². The number of hydrogen-bond acceptors (Lipinski definition) is 6. The molecule has 4 rings (SSSR count). The Balaban J connectivity index is 1.57. The van der Waals surface area contributed by atoms with E-state index in [-0.39, 0.29) is 0 Å². The van der Waals surface area contributed by atoms with Gasteiger partial charge >= 0.3 is 0 Å². The topological polar surface area (TPSA) is 54.4 Å². The van der Waals surface area contributed by atoms with E-state index in [2.05, 4.69) is 31.9 Å². The molecule has 1 fully saturated rings. The second kappa shape index (κ2) is 8.44. The molecular weight excluding hydrogens is 374 g/mol. The van der Waals surface area contributed by atoms with Crippen LogP contribution in [0.3, 0.4) is 0 Å². The summed E-state index contributed by atoms with van der Waals surface area (Å²) in [7, 11) is 1.65. The minimum absolute atomic E-state index is 0.607. The van der Waals surface area contributed by atoms with Crippen molar-refractivity contribution in [3.63, 3.8) is 0 Å². The second-order valence-electron chi connectivity index (χ2n) is 6.60. The number of hydrogen-bond donors (Lipinski definition) is 0. The number of nitrogens with zero attached hydrogens (tertiary/aromatic N) is 5. The first kappa shape index (κ1) is 18.5. The van der Waals surface area contributed by atoms with Crippen molar-refractivity contribution < 1.29 is 4.74 Å². The molecule has 2 aromatic heterocycles. The van der Waals surface area contributed by atoms with Crippen LogP contribution < -0.4 is 14.5 Å². The van der Waals surface area contributed by atoms with Gasteiger partial charge in [-0.15, -0.1) is 0 Å². The van der Waals surface area contributed by atoms with E-state index in [0.29, 0.717) is 11.6 Å². The molecule has 0 atom stereocenters. The summed E-state index contributed by atoms with van der Waals surface area (Å²) in [5.41, 5.74) is 1.94. The predicted octanol–water partition coefficient (Wildman–Crippen LogP) is 3.92. The largest absolute Gasteiger partial charge is 0.491 e. The zero-order valence-corrected chi connectivity index (χ0v) is 16.5. The Kier molecular flexibility index (Phi) is 5.58. The number of halogens is 1. The first-order chi connectivity index (χ1) is 13.7. The van der Waals surface area contributed by atoms with E-state index in [0.717, 1.165) is 49.1 Å². The SMILES string of the molecule is COc1cnc(-c2ccccn2)nc1N1CCCN(c2ccc(Cl)cc2)CC1. The molecule has 0 bridgehead atoms. The maximum Gasteiger partial charge on any atom is 0.180 e. The van der Waals surface area contributed by atoms with Crippen molar-refractivity contribution in [1.82, 2.24) is 15.0 Å². The minimum atomic E-state index is 0.607. The van der Waals surface area contributed by atoms with Crippen LogP contribution in [-0.2, 0) is 0 Å². The molecule has 0 spiro atoms. The van der Waals surface area contributed by atoms with Gasteiger partial charge in [0.15, 0.2) is 17.4 Å². The summed E-state index contributed by atoms with van der Waals surface area (Å²) >= 11 is 6.02. The van der Waals surface area contributed by atoms with Gasteiger partial charge < -0.3 is 14.5 Å². The lowest BCUT2D eigenvalue weighted by atomic mass is 10.2. The third-order valence-electron chi connectivity index (χ3n) is 4.84. The molecule has 0 unspecified atom stereocenters. The molecule has 1 saturated heterocycles. The van der Waals surface area contributed by atoms with Crippen LogP contribution >= 0.6 is 11.6 Å². The van der Waals surface area contributed by atoms with Crippen molar-refractivity contribution in [1.29, 1.82) is 0 Å². The lowest BCUT2D eigenvalue weighted by molar-refractivity contribution is 0.410. The molecule has 3 aromatic rings. The van der Waals surface area contributed by atoms with Crippen LogP contribution in [0.1, 0.15) is 6.42 Å². The molecule has 28 heavy (non-hydrogen) atoms. The molecule has 6 nitrogen and oxygen atoms in total. The molecule has 7 heteroatoms. The van der Waals surface area contributed by atoms with E-state index in [1.165, 1.54) is 5.69 Å². The van der Waals surface area contributed by atoms with Crippen molar-refractivity contribution in [2.45, 2.75) is 6.42 Å². The molecule has 144 valence electrons. The summed E-state index contributed by atoms with van der Waals surface area (Å²) in [5, 5.41) is 0.757. The highest BCUT2D eigenvalue weighted by Crippen LogP contribution is 2.29. The average molecular weight is 396 g/mol. The van der Waals surface area contributed by atoms with E-state index in [1.54, 1.807) is 19.5 Å². The lowest BCUT2D eigenvalue weighted by Gasteiger charge is -2.25. The van der Waals surface area contributed by atoms with Crippen LogP contribution in [0.5, 0.6) is 5.75 Å². The van der Waals surface area contributed by atoms with E-state index >= 15 is 0 Å². The van der Waals surface area contributed by atoms with Crippen LogP contribution in [0.4, 0.5) is 11.5 Å². The maximum absolute atomic E-state index is 6.02. The summed E-state index contributed by atoms with van der Waals surface area (Å²) in [6.07, 6.45) is 4.50. The molecule has 0 saturated carbocycles. The second-order valence-corrected chi connectivity index (χ2v) is 7.04. The first-order valence-electron chi connectivity index (χ1n) is 9.32. The molecular formula is C21H22ClN5O. The van der Waals surface area contributed by atoms with Gasteiger partial charge in [-0.3, -0.25) is 4.98 Å². The highest BCUT2D eigenvalue weighted by atomic mass is 35.5. The number of rotatable bonds is 4. The Hall–Kier alpha value is -2.86. The van der Waals surface area contributed by atoms with Crippen molar-refractivity contribution >= 4 is 23.1 Å². The third-order valence-corrected chi connectivity index (χ3v) is 5.09. The van der Waals surface area contributed by atoms with E-state index in [4.69, 9.17) is 21.3 Å². The molecule has 3 heterocycles. The smallest absolute Gasteiger partial charge is 0.180 e. The Morgan fingerprint density at radius 2 is 1.71 bits per heavy atom. The quantitative estimate of drug-likeness (QED) is 0.667. The number of benzene rings is 1. The molecule has 1 aliphatic rings. The molecule has 0 N–H and O–H groups in total. The summed E-state index contributed by atoms with van der Waals surface area (Å²) in [6, 6.07) is 13.7. The van der Waals surface area contributed by atoms with Crippen molar-refractivity contribution in [3.8, 4) is 17.3 Å². The number of ether oxygens (including phenoxy) is 1. The number of aromatic nitrogens is 3. The van der Waals surface area contributed by atoms with E-state index < -0.39 is 0 Å². The standard InChI is InChI=1S/C21H22ClN5O/c1-28-19-15-24-20(18-5-2-3-10-23-18)25-21(19)27-12-4-11-26(13-14-27)17-8-6-16(22)7-9-17/h2-3,5-10,15H,4,11-14H2,1H3. The van der Waals surface area contributed by atoms with Gasteiger partial charge in [-0.1, -0.05) is 17.7 Å². The fraction of sp³-hybridized carbons (Fsp3) is 0.286. The van der Waals surface area contributed by atoms with Crippen molar-refractivity contribution in [2.75, 3.05) is 43.1 Å². The third kappa shape index (κ3) is 4.02. The fourth-order valence-electron chi connectivity index (χ4n) is 3.39. The van der Waals surface area contributed by atoms with Gasteiger partial charge in [0.1, 0.15) is 5.69 Å². The van der Waals surface area contributed by atoms with E-state index in [1.807, 2.05) is 30.3 Å². The Morgan fingerprint density at radius 1 is 0.929 bits per heavy atom. The van der Waals surface area contributed by atoms with Gasteiger partial charge in [0.05, 0.1) is 13.3 Å². The van der Waals surface area contributed by atoms with Crippen LogP contribution in [-0.4, -0.2) is 48.2 Å². The Bertz CT molecular complexity index is 920. The highest BCUT2D eigenvalue weighted by Gasteiger charge is 2.21. The zero-order chi connectivity index (χ0) is 19.3.